The lowest BCUT2D eigenvalue weighted by Gasteiger charge is -2.39. The second kappa shape index (κ2) is 14.3. The molecule has 0 radical (unpaired) electrons. The van der Waals surface area contributed by atoms with Gasteiger partial charge in [0.2, 0.25) is 5.91 Å². The van der Waals surface area contributed by atoms with Crippen LogP contribution < -0.4 is 10.2 Å². The summed E-state index contributed by atoms with van der Waals surface area (Å²) in [5.74, 6) is -1.02. The van der Waals surface area contributed by atoms with E-state index in [1.807, 2.05) is 19.2 Å². The zero-order valence-corrected chi connectivity index (χ0v) is 25.4. The van der Waals surface area contributed by atoms with Crippen LogP contribution in [0.25, 0.3) is 0 Å². The van der Waals surface area contributed by atoms with E-state index in [1.54, 1.807) is 31.4 Å². The van der Waals surface area contributed by atoms with Gasteiger partial charge in [-0.25, -0.2) is 8.78 Å². The third-order valence-electron chi connectivity index (χ3n) is 8.20. The van der Waals surface area contributed by atoms with Crippen molar-refractivity contribution >= 4 is 40.9 Å². The number of rotatable bonds is 6. The third kappa shape index (κ3) is 7.09. The summed E-state index contributed by atoms with van der Waals surface area (Å²) in [6.45, 7) is 2.73. The molecule has 3 aliphatic rings. The van der Waals surface area contributed by atoms with Crippen LogP contribution in [0.15, 0.2) is 65.8 Å². The van der Waals surface area contributed by atoms with Gasteiger partial charge in [-0.05, 0) is 73.8 Å². The smallest absolute Gasteiger partial charge is 0.246 e. The van der Waals surface area contributed by atoms with Crippen LogP contribution in [0.1, 0.15) is 42.0 Å². The van der Waals surface area contributed by atoms with Crippen LogP contribution in [0.2, 0.25) is 5.02 Å². The predicted molar refractivity (Wildman–Crippen MR) is 166 cm³/mol. The number of methoxy groups -OCH3 is 1. The van der Waals surface area contributed by atoms with Crippen LogP contribution in [-0.2, 0) is 25.6 Å². The number of nitrogens with zero attached hydrogens (tertiary/aromatic N) is 3. The topological polar surface area (TPSA) is 83.5 Å². The second-order valence-corrected chi connectivity index (χ2v) is 11.4. The molecule has 6 rings (SSSR count). The van der Waals surface area contributed by atoms with E-state index in [2.05, 4.69) is 26.3 Å². The zero-order valence-electron chi connectivity index (χ0n) is 24.6. The van der Waals surface area contributed by atoms with Crippen molar-refractivity contribution in [1.29, 1.82) is 0 Å². The summed E-state index contributed by atoms with van der Waals surface area (Å²) >= 11 is 5.62. The van der Waals surface area contributed by atoms with Crippen molar-refractivity contribution in [3.05, 3.63) is 94.0 Å². The molecule has 3 aromatic rings. The predicted octanol–water partition coefficient (Wildman–Crippen LogP) is 5.78. The van der Waals surface area contributed by atoms with Crippen molar-refractivity contribution in [3.8, 4) is 0 Å². The average molecular weight is 625 g/mol. The highest BCUT2D eigenvalue weighted by Crippen LogP contribution is 2.36. The number of ether oxygens (including phenoxy) is 1. The highest BCUT2D eigenvalue weighted by molar-refractivity contribution is 6.31. The Morgan fingerprint density at radius 3 is 2.55 bits per heavy atom. The minimum atomic E-state index is -0.613. The molecule has 1 amide bonds. The van der Waals surface area contributed by atoms with E-state index < -0.39 is 18.0 Å². The Balaban J connectivity index is 0.000000215. The Kier molecular flexibility index (Phi) is 10.2. The zero-order chi connectivity index (χ0) is 31.2. The van der Waals surface area contributed by atoms with Gasteiger partial charge in [0.05, 0.1) is 16.8 Å². The van der Waals surface area contributed by atoms with Crippen molar-refractivity contribution in [2.75, 3.05) is 44.0 Å². The van der Waals surface area contributed by atoms with Crippen molar-refractivity contribution < 1.29 is 27.9 Å². The number of aldehydes is 1. The van der Waals surface area contributed by atoms with Crippen LogP contribution in [0.4, 0.5) is 20.2 Å². The fraction of sp³-hybridized carbons (Fsp3) is 0.364. The minimum absolute atomic E-state index is 0.0322. The fourth-order valence-electron chi connectivity index (χ4n) is 5.88. The summed E-state index contributed by atoms with van der Waals surface area (Å²) in [6.07, 6.45) is 3.59. The van der Waals surface area contributed by atoms with Crippen LogP contribution in [0.5, 0.6) is 0 Å². The number of piperidine rings is 1. The van der Waals surface area contributed by atoms with Crippen molar-refractivity contribution in [1.82, 2.24) is 4.90 Å². The Hall–Kier alpha value is -3.86. The van der Waals surface area contributed by atoms with Crippen LogP contribution >= 0.6 is 11.6 Å². The van der Waals surface area contributed by atoms with Crippen molar-refractivity contribution in [2.24, 2.45) is 5.16 Å². The maximum Gasteiger partial charge on any atom is 0.246 e. The minimum Gasteiger partial charge on any atom is -0.384 e. The van der Waals surface area contributed by atoms with E-state index in [0.29, 0.717) is 23.8 Å². The lowest BCUT2D eigenvalue weighted by molar-refractivity contribution is -0.121. The van der Waals surface area contributed by atoms with E-state index in [1.165, 1.54) is 29.4 Å². The van der Waals surface area contributed by atoms with Gasteiger partial charge in [-0.2, -0.15) is 0 Å². The molecule has 3 heterocycles. The first-order valence-corrected chi connectivity index (χ1v) is 15.0. The molecule has 0 aromatic heterocycles. The number of likely N-dealkylation sites (N-methyl/N-ethyl adjacent to an activating group) is 1. The number of carbonyl (C=O) groups is 2. The number of hydrogen-bond acceptors (Lipinski definition) is 7. The number of benzene rings is 3. The quantitative estimate of drug-likeness (QED) is 0.350. The van der Waals surface area contributed by atoms with Gasteiger partial charge < -0.3 is 19.8 Å². The summed E-state index contributed by atoms with van der Waals surface area (Å²) in [4.78, 5) is 32.8. The van der Waals surface area contributed by atoms with E-state index in [9.17, 15) is 18.4 Å². The average Bonchev–Trinajstić information content (AvgIpc) is 3.51. The lowest BCUT2D eigenvalue weighted by atomic mass is 9.90. The maximum atomic E-state index is 13.5. The standard InChI is InChI=1S/C23H28FN3O2.C10H7ClFNO2/c1-26-12-11-19-20(22(26)23(28)25-17-6-3-5-16(24)15-17)7-4-8-21(19)27-13-9-18(29-2)10-14-27;11-8-3-1-2-7(10(8)12)9-4-6(5-14)15-13-9/h3-8,15,18,22H,9-14H2,1-2H3,(H,25,28);1-3,5-6H,4H2. The van der Waals surface area contributed by atoms with E-state index >= 15 is 0 Å². The Bertz CT molecular complexity index is 1530. The Labute approximate surface area is 260 Å². The molecule has 1 saturated heterocycles. The fourth-order valence-corrected chi connectivity index (χ4v) is 6.05. The van der Waals surface area contributed by atoms with Gasteiger partial charge in [0.15, 0.2) is 18.2 Å². The highest BCUT2D eigenvalue weighted by atomic mass is 35.5. The largest absolute Gasteiger partial charge is 0.384 e. The maximum absolute atomic E-state index is 13.5. The van der Waals surface area contributed by atoms with E-state index in [4.69, 9.17) is 21.2 Å². The van der Waals surface area contributed by atoms with Gasteiger partial charge in [-0.15, -0.1) is 0 Å². The second-order valence-electron chi connectivity index (χ2n) is 11.0. The van der Waals surface area contributed by atoms with Crippen molar-refractivity contribution in [3.63, 3.8) is 0 Å². The van der Waals surface area contributed by atoms with Gasteiger partial charge in [0.25, 0.3) is 0 Å². The number of amides is 1. The summed E-state index contributed by atoms with van der Waals surface area (Å²) in [5, 5.41) is 6.56. The molecule has 3 aromatic carbocycles. The molecule has 8 nitrogen and oxygen atoms in total. The van der Waals surface area contributed by atoms with E-state index in [-0.39, 0.29) is 28.7 Å². The number of carbonyl (C=O) groups excluding carboxylic acids is 2. The lowest BCUT2D eigenvalue weighted by Crippen LogP contribution is -2.41. The molecule has 0 aliphatic carbocycles. The first kappa shape index (κ1) is 31.6. The molecule has 232 valence electrons. The number of anilines is 2. The molecule has 3 aliphatic heterocycles. The normalized spacial score (nSPS) is 20.1. The van der Waals surface area contributed by atoms with E-state index in [0.717, 1.165) is 44.5 Å². The number of fused-ring (bicyclic) bond motifs is 1. The summed E-state index contributed by atoms with van der Waals surface area (Å²) in [6, 6.07) is 16.5. The van der Waals surface area contributed by atoms with Gasteiger partial charge in [-0.3, -0.25) is 14.5 Å². The first-order valence-electron chi connectivity index (χ1n) is 14.6. The first-order chi connectivity index (χ1) is 21.3. The number of nitrogens with one attached hydrogen (secondary N) is 1. The molecular weight excluding hydrogens is 590 g/mol. The van der Waals surface area contributed by atoms with Gasteiger partial charge in [0, 0.05) is 50.1 Å². The molecule has 1 N–H and O–H groups in total. The third-order valence-corrected chi connectivity index (χ3v) is 8.49. The number of halogens is 3. The molecule has 2 atom stereocenters. The molecule has 0 bridgehead atoms. The summed E-state index contributed by atoms with van der Waals surface area (Å²) in [7, 11) is 3.75. The van der Waals surface area contributed by atoms with Crippen LogP contribution in [-0.4, -0.2) is 68.8 Å². The summed E-state index contributed by atoms with van der Waals surface area (Å²) in [5.41, 5.74) is 4.70. The summed E-state index contributed by atoms with van der Waals surface area (Å²) < 4.78 is 32.5. The monoisotopic (exact) mass is 624 g/mol. The SMILES string of the molecule is COC1CCN(c2cccc3c2CCN(C)C3C(=O)Nc2cccc(F)c2)CC1.O=CC1CC(c2cccc(Cl)c2F)=NO1. The van der Waals surface area contributed by atoms with Crippen LogP contribution in [0, 0.1) is 11.6 Å². The Morgan fingerprint density at radius 2 is 1.84 bits per heavy atom. The molecule has 11 heteroatoms. The molecule has 0 spiro atoms. The molecular formula is C33H35ClF2N4O4. The highest BCUT2D eigenvalue weighted by Gasteiger charge is 2.33. The molecule has 44 heavy (non-hydrogen) atoms. The number of hydrogen-bond donors (Lipinski definition) is 1. The van der Waals surface area contributed by atoms with Crippen LogP contribution in [0.3, 0.4) is 0 Å². The molecule has 2 unspecified atom stereocenters. The molecule has 1 fully saturated rings. The van der Waals surface area contributed by atoms with Gasteiger partial charge >= 0.3 is 0 Å². The Morgan fingerprint density at radius 1 is 1.09 bits per heavy atom. The number of oxime groups is 1. The van der Waals surface area contributed by atoms with Crippen molar-refractivity contribution in [2.45, 2.75) is 43.9 Å². The van der Waals surface area contributed by atoms with Gasteiger partial charge in [-0.1, -0.05) is 41.0 Å². The van der Waals surface area contributed by atoms with Gasteiger partial charge in [0.1, 0.15) is 11.9 Å². The molecule has 0 saturated carbocycles.